The average molecular weight is 424 g/mol. The minimum atomic E-state index is -4.26. The van der Waals surface area contributed by atoms with Gasteiger partial charge in [0.1, 0.15) is 0 Å². The number of aromatic carboxylic acids is 1. The van der Waals surface area contributed by atoms with Crippen molar-refractivity contribution in [3.63, 3.8) is 0 Å². The molecule has 1 saturated heterocycles. The van der Waals surface area contributed by atoms with Gasteiger partial charge in [-0.25, -0.2) is 9.78 Å². The summed E-state index contributed by atoms with van der Waals surface area (Å²) in [5.41, 5.74) is 0.215. The maximum atomic E-state index is 12.6. The Bertz CT molecular complexity index is 856. The number of fused-ring (bicyclic) bond motifs is 1. The number of aryl methyl sites for hydroxylation is 1. The molecule has 2 aromatic rings. The van der Waals surface area contributed by atoms with Crippen molar-refractivity contribution >= 4 is 5.97 Å². The molecule has 6 nitrogen and oxygen atoms in total. The number of benzene rings is 1. The first-order valence-corrected chi connectivity index (χ1v) is 9.99. The van der Waals surface area contributed by atoms with Crippen LogP contribution in [0.25, 0.3) is 0 Å². The van der Waals surface area contributed by atoms with Crippen molar-refractivity contribution in [3.8, 4) is 0 Å². The van der Waals surface area contributed by atoms with Crippen LogP contribution in [0.1, 0.15) is 28.5 Å². The fraction of sp³-hybridized carbons (Fsp3) is 0.524. The van der Waals surface area contributed by atoms with E-state index in [4.69, 9.17) is 5.11 Å². The molecule has 4 rings (SSSR count). The summed E-state index contributed by atoms with van der Waals surface area (Å²) in [6, 6.07) is 5.58. The Morgan fingerprint density at radius 2 is 2.00 bits per heavy atom. The molecule has 9 heteroatoms. The third-order valence-corrected chi connectivity index (χ3v) is 5.78. The van der Waals surface area contributed by atoms with Crippen LogP contribution in [-0.2, 0) is 19.8 Å². The van der Waals surface area contributed by atoms with Gasteiger partial charge in [0.2, 0.25) is 0 Å². The number of nitrogens with one attached hydrogen (secondary N) is 1. The van der Waals surface area contributed by atoms with Gasteiger partial charge >= 0.3 is 12.1 Å². The zero-order valence-corrected chi connectivity index (χ0v) is 17.1. The van der Waals surface area contributed by atoms with Crippen LogP contribution in [0.5, 0.6) is 0 Å². The molecule has 2 heterocycles. The molecular weight excluding hydrogens is 397 g/mol. The summed E-state index contributed by atoms with van der Waals surface area (Å²) >= 11 is 0. The summed E-state index contributed by atoms with van der Waals surface area (Å²) in [4.78, 5) is 16.2. The van der Waals surface area contributed by atoms with Crippen LogP contribution in [0.3, 0.4) is 0 Å². The molecule has 0 amide bonds. The molecule has 2 unspecified atom stereocenters. The Morgan fingerprint density at radius 1 is 1.30 bits per heavy atom. The van der Waals surface area contributed by atoms with Crippen LogP contribution in [0.2, 0.25) is 0 Å². The zero-order valence-electron chi connectivity index (χ0n) is 17.1. The highest BCUT2D eigenvalue weighted by Crippen LogP contribution is 2.51. The zero-order chi connectivity index (χ0) is 21.9. The molecule has 30 heavy (non-hydrogen) atoms. The van der Waals surface area contributed by atoms with Gasteiger partial charge in [0.25, 0.3) is 0 Å². The van der Waals surface area contributed by atoms with E-state index in [-0.39, 0.29) is 5.69 Å². The minimum absolute atomic E-state index is 0.0810. The van der Waals surface area contributed by atoms with Crippen LogP contribution in [0, 0.1) is 17.8 Å². The number of rotatable bonds is 6. The smallest absolute Gasteiger partial charge is 0.416 e. The molecule has 164 valence electrons. The highest BCUT2D eigenvalue weighted by Gasteiger charge is 2.54. The second kappa shape index (κ2) is 9.18. The minimum Gasteiger partial charge on any atom is -0.476 e. The van der Waals surface area contributed by atoms with E-state index in [9.17, 15) is 18.0 Å². The van der Waals surface area contributed by atoms with Crippen molar-refractivity contribution in [1.82, 2.24) is 19.8 Å². The van der Waals surface area contributed by atoms with E-state index in [0.717, 1.165) is 36.9 Å². The summed E-state index contributed by atoms with van der Waals surface area (Å²) in [5, 5.41) is 11.6. The predicted molar refractivity (Wildman–Crippen MR) is 106 cm³/mol. The number of hydrogen-bond acceptors (Lipinski definition) is 4. The lowest BCUT2D eigenvalue weighted by Crippen LogP contribution is -2.27. The Kier molecular flexibility index (Phi) is 6.82. The van der Waals surface area contributed by atoms with Gasteiger partial charge in [-0.15, -0.1) is 0 Å². The number of alkyl halides is 3. The van der Waals surface area contributed by atoms with Crippen LogP contribution in [-0.4, -0.2) is 51.7 Å². The van der Waals surface area contributed by atoms with E-state index in [1.807, 2.05) is 0 Å². The summed E-state index contributed by atoms with van der Waals surface area (Å²) in [6.45, 7) is 7.12. The molecule has 1 aliphatic carbocycles. The number of likely N-dealkylation sites (tertiary alicyclic amines) is 1. The number of imidazole rings is 1. The summed E-state index contributed by atoms with van der Waals surface area (Å²) < 4.78 is 39.5. The predicted octanol–water partition coefficient (Wildman–Crippen LogP) is 3.11. The van der Waals surface area contributed by atoms with E-state index in [1.54, 1.807) is 17.7 Å². The van der Waals surface area contributed by atoms with E-state index >= 15 is 0 Å². The molecule has 2 atom stereocenters. The van der Waals surface area contributed by atoms with Crippen molar-refractivity contribution in [2.45, 2.75) is 19.6 Å². The Balaban J connectivity index is 0.000000239. The lowest BCUT2D eigenvalue weighted by Gasteiger charge is -2.17. The SMILES string of the molecule is CCN1CC2C(CNCc3cccc(C(F)(F)F)c3)C2C1.Cn1cnc(C(=O)O)c1. The number of carboxylic acids is 1. The van der Waals surface area contributed by atoms with E-state index in [0.29, 0.717) is 12.1 Å². The number of carbonyl (C=O) groups is 1. The second-order valence-corrected chi connectivity index (χ2v) is 7.90. The molecule has 1 saturated carbocycles. The number of halogens is 3. The molecule has 1 aromatic heterocycles. The maximum Gasteiger partial charge on any atom is 0.416 e. The van der Waals surface area contributed by atoms with Gasteiger partial charge in [-0.2, -0.15) is 13.2 Å². The third kappa shape index (κ3) is 5.60. The quantitative estimate of drug-likeness (QED) is 0.746. The first-order valence-electron chi connectivity index (χ1n) is 9.99. The van der Waals surface area contributed by atoms with E-state index in [1.165, 1.54) is 37.7 Å². The van der Waals surface area contributed by atoms with Crippen molar-refractivity contribution in [2.75, 3.05) is 26.2 Å². The monoisotopic (exact) mass is 424 g/mol. The highest BCUT2D eigenvalue weighted by molar-refractivity contribution is 5.84. The molecule has 2 aliphatic rings. The summed E-state index contributed by atoms with van der Waals surface area (Å²) in [6.07, 6.45) is -1.36. The normalized spacial score (nSPS) is 22.9. The standard InChI is InChI=1S/C16H21F3N2.C5H6N2O2/c1-2-21-9-14-13(15(14)10-21)8-20-7-11-4-3-5-12(6-11)16(17,18)19;1-7-2-4(5(8)9)6-3-7/h3-6,13-15,20H,2,7-10H2,1H3;2-3H,1H3,(H,8,9). The molecule has 1 aliphatic heterocycles. The van der Waals surface area contributed by atoms with Gasteiger partial charge < -0.3 is 19.9 Å². The van der Waals surface area contributed by atoms with Crippen LogP contribution < -0.4 is 5.32 Å². The molecule has 1 aromatic carbocycles. The van der Waals surface area contributed by atoms with Gasteiger partial charge in [0.05, 0.1) is 11.9 Å². The Morgan fingerprint density at radius 3 is 2.50 bits per heavy atom. The van der Waals surface area contributed by atoms with Crippen molar-refractivity contribution < 1.29 is 23.1 Å². The molecule has 0 spiro atoms. The Hall–Kier alpha value is -2.39. The lowest BCUT2D eigenvalue weighted by molar-refractivity contribution is -0.137. The molecule has 0 bridgehead atoms. The molecule has 2 fully saturated rings. The fourth-order valence-corrected chi connectivity index (χ4v) is 4.06. The second-order valence-electron chi connectivity index (χ2n) is 7.90. The largest absolute Gasteiger partial charge is 0.476 e. The third-order valence-electron chi connectivity index (χ3n) is 5.78. The number of nitrogens with zero attached hydrogens (tertiary/aromatic N) is 3. The Labute approximate surface area is 173 Å². The first-order chi connectivity index (χ1) is 14.2. The van der Waals surface area contributed by atoms with Gasteiger partial charge in [-0.3, -0.25) is 0 Å². The number of aromatic nitrogens is 2. The summed E-state index contributed by atoms with van der Waals surface area (Å²) in [5.74, 6) is 1.34. The number of hydrogen-bond donors (Lipinski definition) is 2. The van der Waals surface area contributed by atoms with Crippen LogP contribution in [0.4, 0.5) is 13.2 Å². The van der Waals surface area contributed by atoms with Crippen molar-refractivity contribution in [1.29, 1.82) is 0 Å². The fourth-order valence-electron chi connectivity index (χ4n) is 4.06. The number of carboxylic acid groups (broad SMARTS) is 1. The van der Waals surface area contributed by atoms with Gasteiger partial charge in [0.15, 0.2) is 5.69 Å². The molecular formula is C21H27F3N4O2. The first kappa shape index (κ1) is 22.3. The summed E-state index contributed by atoms with van der Waals surface area (Å²) in [7, 11) is 1.72. The topological polar surface area (TPSA) is 70.4 Å². The van der Waals surface area contributed by atoms with Crippen molar-refractivity contribution in [2.24, 2.45) is 24.8 Å². The van der Waals surface area contributed by atoms with Crippen LogP contribution >= 0.6 is 0 Å². The number of piperidine rings is 1. The lowest BCUT2D eigenvalue weighted by atomic mass is 10.1. The average Bonchev–Trinajstić information content (AvgIpc) is 3.04. The van der Waals surface area contributed by atoms with Crippen molar-refractivity contribution in [3.05, 3.63) is 53.6 Å². The van der Waals surface area contributed by atoms with E-state index in [2.05, 4.69) is 22.1 Å². The highest BCUT2D eigenvalue weighted by atomic mass is 19.4. The molecule has 0 radical (unpaired) electrons. The van der Waals surface area contributed by atoms with Crippen LogP contribution in [0.15, 0.2) is 36.8 Å². The van der Waals surface area contributed by atoms with Gasteiger partial charge in [-0.1, -0.05) is 25.1 Å². The maximum absolute atomic E-state index is 12.6. The van der Waals surface area contributed by atoms with Gasteiger partial charge in [-0.05, 0) is 42.5 Å². The van der Waals surface area contributed by atoms with Gasteiger partial charge in [0, 0.05) is 32.9 Å². The molecule has 2 N–H and O–H groups in total. The van der Waals surface area contributed by atoms with E-state index < -0.39 is 17.7 Å².